The van der Waals surface area contributed by atoms with E-state index in [1.807, 2.05) is 39.8 Å². The van der Waals surface area contributed by atoms with E-state index in [9.17, 15) is 14.7 Å². The average molecular weight is 818 g/mol. The van der Waals surface area contributed by atoms with Crippen molar-refractivity contribution in [2.24, 2.45) is 0 Å². The number of hydrogen-bond donors (Lipinski definition) is 2. The second-order valence-corrected chi connectivity index (χ2v) is 16.9. The maximum Gasteiger partial charge on any atom is 0.331 e. The van der Waals surface area contributed by atoms with Gasteiger partial charge in [-0.3, -0.25) is 19.9 Å². The van der Waals surface area contributed by atoms with E-state index < -0.39 is 41.0 Å². The second kappa shape index (κ2) is 14.7. The van der Waals surface area contributed by atoms with Gasteiger partial charge in [0.05, 0.1) is 50.8 Å². The standard InChI is InChI=1S/C43H51N3O11S/c1-9-52-29-15-23-11-12-44-43(25(23)16-28(29)50-7)18-58-40-32-31(39-37(55-19-56-39)21(4)36(32)57-22(5)47)27(17-54-42(43)49)46-34(40)33-30-24(14-26(41(46)48)45(33)6)13-20(3)35(51-8)38(30)53-10-2/h13,15-16,26-27,33-34,40-41,44,48H,9-12,14,17-19H2,1-8H3/t26-,27-,33+,34?,40+,41-,43+/m0/s1. The van der Waals surface area contributed by atoms with Crippen LogP contribution >= 0.6 is 11.8 Å². The minimum atomic E-state index is -1.28. The molecule has 3 aromatic carbocycles. The fraction of sp³-hybridized carbons (Fsp3) is 0.535. The van der Waals surface area contributed by atoms with Gasteiger partial charge in [-0.1, -0.05) is 6.07 Å². The fourth-order valence-corrected chi connectivity index (χ4v) is 12.2. The topological polar surface area (TPSA) is 147 Å². The molecule has 1 spiro atoms. The van der Waals surface area contributed by atoms with E-state index in [0.29, 0.717) is 84.0 Å². The molecule has 7 heterocycles. The Labute approximate surface area is 342 Å². The molecule has 310 valence electrons. The summed E-state index contributed by atoms with van der Waals surface area (Å²) in [5, 5.41) is 15.8. The zero-order valence-electron chi connectivity index (χ0n) is 34.2. The van der Waals surface area contributed by atoms with Crippen LogP contribution in [0, 0.1) is 13.8 Å². The number of esters is 2. The maximum absolute atomic E-state index is 14.9. The molecule has 0 aromatic heterocycles. The van der Waals surface area contributed by atoms with E-state index in [4.69, 9.17) is 37.9 Å². The summed E-state index contributed by atoms with van der Waals surface area (Å²) in [7, 11) is 5.31. The molecule has 2 fully saturated rings. The number of aliphatic hydroxyl groups is 1. The molecule has 10 rings (SSSR count). The highest BCUT2D eigenvalue weighted by Gasteiger charge is 2.61. The lowest BCUT2D eigenvalue weighted by Crippen LogP contribution is -2.70. The number of likely N-dealkylation sites (N-methyl/N-ethyl adjacent to an activating group) is 1. The van der Waals surface area contributed by atoms with Gasteiger partial charge in [-0.05, 0) is 82.0 Å². The zero-order chi connectivity index (χ0) is 40.8. The van der Waals surface area contributed by atoms with Gasteiger partial charge in [0.25, 0.3) is 0 Å². The van der Waals surface area contributed by atoms with Crippen molar-refractivity contribution in [3.63, 3.8) is 0 Å². The summed E-state index contributed by atoms with van der Waals surface area (Å²) in [5.74, 6) is 3.13. The minimum absolute atomic E-state index is 0.0317. The van der Waals surface area contributed by atoms with Crippen LogP contribution in [0.1, 0.15) is 82.6 Å². The Bertz CT molecular complexity index is 2200. The molecule has 58 heavy (non-hydrogen) atoms. The summed E-state index contributed by atoms with van der Waals surface area (Å²) in [6, 6.07) is 4.17. The molecule has 2 saturated heterocycles. The van der Waals surface area contributed by atoms with Crippen LogP contribution in [-0.2, 0) is 32.7 Å². The van der Waals surface area contributed by atoms with Gasteiger partial charge in [0, 0.05) is 47.5 Å². The highest BCUT2D eigenvalue weighted by Crippen LogP contribution is 2.64. The molecule has 3 aromatic rings. The van der Waals surface area contributed by atoms with Crippen molar-refractivity contribution >= 4 is 23.7 Å². The summed E-state index contributed by atoms with van der Waals surface area (Å²) in [4.78, 5) is 32.3. The molecule has 2 N–H and O–H groups in total. The van der Waals surface area contributed by atoms with Crippen LogP contribution in [0.3, 0.4) is 0 Å². The predicted octanol–water partition coefficient (Wildman–Crippen LogP) is 4.80. The highest BCUT2D eigenvalue weighted by atomic mass is 32.2. The van der Waals surface area contributed by atoms with Crippen LogP contribution in [0.25, 0.3) is 0 Å². The lowest BCUT2D eigenvalue weighted by molar-refractivity contribution is -0.186. The molecule has 7 atom stereocenters. The lowest BCUT2D eigenvalue weighted by atomic mass is 9.73. The first-order valence-electron chi connectivity index (χ1n) is 20.0. The molecule has 4 bridgehead atoms. The summed E-state index contributed by atoms with van der Waals surface area (Å²) < 4.78 is 49.4. The van der Waals surface area contributed by atoms with Crippen molar-refractivity contribution in [2.45, 2.75) is 88.6 Å². The van der Waals surface area contributed by atoms with Gasteiger partial charge in [0.2, 0.25) is 6.79 Å². The van der Waals surface area contributed by atoms with Gasteiger partial charge in [-0.15, -0.1) is 11.8 Å². The number of hydrogen-bond acceptors (Lipinski definition) is 15. The number of nitrogens with one attached hydrogen (secondary N) is 1. The number of benzene rings is 3. The van der Waals surface area contributed by atoms with Gasteiger partial charge in [-0.25, -0.2) is 4.79 Å². The molecular weight excluding hydrogens is 767 g/mol. The monoisotopic (exact) mass is 817 g/mol. The van der Waals surface area contributed by atoms with E-state index >= 15 is 0 Å². The summed E-state index contributed by atoms with van der Waals surface area (Å²) in [6.45, 7) is 10.4. The van der Waals surface area contributed by atoms with E-state index in [1.54, 1.807) is 26.0 Å². The number of fused-ring (bicyclic) bond motifs is 9. The molecule has 0 aliphatic carbocycles. The van der Waals surface area contributed by atoms with Crippen LogP contribution in [0.4, 0.5) is 0 Å². The molecule has 7 aliphatic rings. The lowest BCUT2D eigenvalue weighted by Gasteiger charge is -2.62. The largest absolute Gasteiger partial charge is 0.493 e. The molecule has 1 unspecified atom stereocenters. The van der Waals surface area contributed by atoms with Crippen molar-refractivity contribution in [1.82, 2.24) is 15.1 Å². The SMILES string of the molecule is CCOc1cc2c(cc1OC)[C@@]1(CS[C@@H]3c4c(OC(C)=O)c(C)c5c(c4[C@H](COC1=O)N1C3[C@H]3c4c(cc(C)c(OC)c4OCC)C[C@@H]([C@@H]1O)N3C)OCO5)NCC2. The normalized spacial score (nSPS) is 28.1. The quantitative estimate of drug-likeness (QED) is 0.249. The van der Waals surface area contributed by atoms with E-state index in [1.165, 1.54) is 6.92 Å². The van der Waals surface area contributed by atoms with Crippen molar-refractivity contribution in [3.05, 3.63) is 62.7 Å². The Kier molecular flexibility index (Phi) is 9.90. The van der Waals surface area contributed by atoms with Gasteiger partial charge < -0.3 is 43.0 Å². The van der Waals surface area contributed by atoms with Crippen LogP contribution < -0.4 is 38.5 Å². The van der Waals surface area contributed by atoms with Crippen molar-refractivity contribution < 1.29 is 52.6 Å². The average Bonchev–Trinajstić information content (AvgIpc) is 3.70. The first-order chi connectivity index (χ1) is 28.0. The first-order valence-corrected chi connectivity index (χ1v) is 21.1. The van der Waals surface area contributed by atoms with E-state index in [2.05, 4.69) is 28.2 Å². The number of carbonyl (C=O) groups excluding carboxylic acids is 2. The number of thioether (sulfide) groups is 1. The molecule has 14 nitrogen and oxygen atoms in total. The Morgan fingerprint density at radius 2 is 1.74 bits per heavy atom. The Morgan fingerprint density at radius 3 is 2.47 bits per heavy atom. The Morgan fingerprint density at radius 1 is 0.966 bits per heavy atom. The van der Waals surface area contributed by atoms with Crippen LogP contribution in [0.15, 0.2) is 18.2 Å². The smallest absolute Gasteiger partial charge is 0.331 e. The zero-order valence-corrected chi connectivity index (χ0v) is 35.0. The Hall–Kier alpha value is -4.41. The number of ether oxygens (including phenoxy) is 8. The van der Waals surface area contributed by atoms with Gasteiger partial charge in [0.15, 0.2) is 40.0 Å². The minimum Gasteiger partial charge on any atom is -0.493 e. The number of nitrogens with zero attached hydrogens (tertiary/aromatic N) is 2. The van der Waals surface area contributed by atoms with Crippen molar-refractivity contribution in [2.75, 3.05) is 60.2 Å². The van der Waals surface area contributed by atoms with Crippen LogP contribution in [0.5, 0.6) is 40.2 Å². The number of piperazine rings is 1. The van der Waals surface area contributed by atoms with Gasteiger partial charge in [0.1, 0.15) is 18.6 Å². The number of aliphatic hydroxyl groups excluding tert-OH is 1. The number of rotatable bonds is 7. The number of aryl methyl sites for hydroxylation is 1. The third kappa shape index (κ3) is 5.60. The number of carbonyl (C=O) groups is 2. The van der Waals surface area contributed by atoms with E-state index in [-0.39, 0.29) is 31.2 Å². The summed E-state index contributed by atoms with van der Waals surface area (Å²) in [6.07, 6.45) is 0.230. The highest BCUT2D eigenvalue weighted by molar-refractivity contribution is 7.99. The Balaban J connectivity index is 1.31. The first kappa shape index (κ1) is 39.1. The van der Waals surface area contributed by atoms with Crippen LogP contribution in [0.2, 0.25) is 0 Å². The van der Waals surface area contributed by atoms with Crippen molar-refractivity contribution in [1.29, 1.82) is 0 Å². The predicted molar refractivity (Wildman–Crippen MR) is 214 cm³/mol. The number of methoxy groups -OCH3 is 2. The summed E-state index contributed by atoms with van der Waals surface area (Å²) in [5.41, 5.74) is 5.53. The van der Waals surface area contributed by atoms with Crippen LogP contribution in [-0.4, -0.2) is 105 Å². The van der Waals surface area contributed by atoms with Gasteiger partial charge in [-0.2, -0.15) is 0 Å². The third-order valence-electron chi connectivity index (χ3n) is 12.8. The molecule has 15 heteroatoms. The summed E-state index contributed by atoms with van der Waals surface area (Å²) >= 11 is 1.56. The van der Waals surface area contributed by atoms with Crippen molar-refractivity contribution in [3.8, 4) is 40.2 Å². The fourth-order valence-electron chi connectivity index (χ4n) is 10.5. The molecule has 0 radical (unpaired) electrons. The molecule has 7 aliphatic heterocycles. The molecule has 0 saturated carbocycles. The molecule has 0 amide bonds. The third-order valence-corrected chi connectivity index (χ3v) is 14.3. The van der Waals surface area contributed by atoms with E-state index in [0.717, 1.165) is 33.4 Å². The molecular formula is C43H51N3O11S. The van der Waals surface area contributed by atoms with Gasteiger partial charge >= 0.3 is 11.9 Å². The maximum atomic E-state index is 14.9. The second-order valence-electron chi connectivity index (χ2n) is 15.8.